The molecule has 1 N–H and O–H groups in total. The molecule has 2 fully saturated rings. The number of amides is 1. The molecular weight excluding hydrogens is 456 g/mol. The second kappa shape index (κ2) is 10.1. The maximum atomic E-state index is 15.5. The number of hydrogen-bond donors (Lipinski definition) is 1. The number of rotatable bonds is 5. The number of nitrogens with zero attached hydrogens (tertiary/aromatic N) is 2. The van der Waals surface area contributed by atoms with Crippen LogP contribution in [0.4, 0.5) is 25.0 Å². The third-order valence-electron chi connectivity index (χ3n) is 7.25. The van der Waals surface area contributed by atoms with E-state index in [0.717, 1.165) is 16.2 Å². The maximum absolute atomic E-state index is 15.5. The number of halogens is 2. The SMILES string of the molecule is CNc1c(C(=O)OC)cccc1N1CCC2(CCN(C(=O)OCc3ccccc3)CC2(F)F)CC1. The van der Waals surface area contributed by atoms with Crippen molar-refractivity contribution in [1.82, 2.24) is 4.90 Å². The van der Waals surface area contributed by atoms with Gasteiger partial charge in [0.15, 0.2) is 0 Å². The Kier molecular flexibility index (Phi) is 7.14. The third kappa shape index (κ3) is 4.90. The lowest BCUT2D eigenvalue weighted by Crippen LogP contribution is -2.60. The number of likely N-dealkylation sites (tertiary alicyclic amines) is 1. The zero-order chi connectivity index (χ0) is 25.1. The molecule has 35 heavy (non-hydrogen) atoms. The first-order valence-corrected chi connectivity index (χ1v) is 11.8. The number of esters is 1. The van der Waals surface area contributed by atoms with Gasteiger partial charge in [-0.15, -0.1) is 0 Å². The van der Waals surface area contributed by atoms with Crippen LogP contribution in [0.15, 0.2) is 48.5 Å². The summed E-state index contributed by atoms with van der Waals surface area (Å²) in [5, 5.41) is 3.06. The summed E-state index contributed by atoms with van der Waals surface area (Å²) in [6.07, 6.45) is 0.0888. The summed E-state index contributed by atoms with van der Waals surface area (Å²) >= 11 is 0. The van der Waals surface area contributed by atoms with Crippen molar-refractivity contribution < 1.29 is 27.8 Å². The van der Waals surface area contributed by atoms with E-state index in [4.69, 9.17) is 9.47 Å². The van der Waals surface area contributed by atoms with Gasteiger partial charge >= 0.3 is 12.1 Å². The van der Waals surface area contributed by atoms with Gasteiger partial charge in [-0.1, -0.05) is 36.4 Å². The topological polar surface area (TPSA) is 71.1 Å². The van der Waals surface area contributed by atoms with Gasteiger partial charge in [0.05, 0.1) is 30.6 Å². The summed E-state index contributed by atoms with van der Waals surface area (Å²) in [6, 6.07) is 14.5. The first-order valence-electron chi connectivity index (χ1n) is 11.8. The van der Waals surface area contributed by atoms with Gasteiger partial charge in [-0.3, -0.25) is 0 Å². The third-order valence-corrected chi connectivity index (χ3v) is 7.25. The number of benzene rings is 2. The van der Waals surface area contributed by atoms with Crippen molar-refractivity contribution >= 4 is 23.4 Å². The van der Waals surface area contributed by atoms with E-state index in [1.165, 1.54) is 7.11 Å². The molecule has 0 unspecified atom stereocenters. The molecule has 2 aliphatic rings. The molecule has 2 heterocycles. The van der Waals surface area contributed by atoms with Gasteiger partial charge in [-0.05, 0) is 37.0 Å². The van der Waals surface area contributed by atoms with Crippen LogP contribution in [0.25, 0.3) is 0 Å². The van der Waals surface area contributed by atoms with Crippen molar-refractivity contribution in [2.24, 2.45) is 5.41 Å². The van der Waals surface area contributed by atoms with Crippen LogP contribution in [-0.2, 0) is 16.1 Å². The number of para-hydroxylation sites is 1. The molecule has 1 spiro atoms. The normalized spacial score (nSPS) is 18.7. The van der Waals surface area contributed by atoms with Crippen molar-refractivity contribution in [2.45, 2.75) is 31.8 Å². The molecule has 188 valence electrons. The molecule has 0 aliphatic carbocycles. The van der Waals surface area contributed by atoms with Crippen LogP contribution in [0.3, 0.4) is 0 Å². The van der Waals surface area contributed by atoms with Crippen LogP contribution < -0.4 is 10.2 Å². The van der Waals surface area contributed by atoms with E-state index in [1.54, 1.807) is 19.2 Å². The maximum Gasteiger partial charge on any atom is 0.410 e. The highest BCUT2D eigenvalue weighted by atomic mass is 19.3. The molecule has 9 heteroatoms. The fraction of sp³-hybridized carbons (Fsp3) is 0.462. The molecule has 0 saturated carbocycles. The second-order valence-corrected chi connectivity index (χ2v) is 9.12. The van der Waals surface area contributed by atoms with Gasteiger partial charge in [0.2, 0.25) is 0 Å². The molecule has 2 aliphatic heterocycles. The number of carbonyl (C=O) groups excluding carboxylic acids is 2. The first-order chi connectivity index (χ1) is 16.8. The molecule has 4 rings (SSSR count). The number of carbonyl (C=O) groups is 2. The Morgan fingerprint density at radius 3 is 2.31 bits per heavy atom. The number of alkyl halides is 2. The monoisotopic (exact) mass is 487 g/mol. The van der Waals surface area contributed by atoms with Gasteiger partial charge in [0.1, 0.15) is 6.61 Å². The van der Waals surface area contributed by atoms with Crippen LogP contribution in [0, 0.1) is 5.41 Å². The van der Waals surface area contributed by atoms with E-state index in [2.05, 4.69) is 5.32 Å². The van der Waals surface area contributed by atoms with E-state index >= 15 is 8.78 Å². The van der Waals surface area contributed by atoms with Gasteiger partial charge in [-0.25, -0.2) is 18.4 Å². The standard InChI is InChI=1S/C26H31F2N3O4/c1-29-22-20(23(32)34-2)9-6-10-21(22)30-14-11-25(12-15-30)13-16-31(18-26(25,27)28)24(33)35-17-19-7-4-3-5-8-19/h3-10,29H,11-18H2,1-2H3. The first kappa shape index (κ1) is 24.8. The molecule has 1 amide bonds. The Morgan fingerprint density at radius 2 is 1.69 bits per heavy atom. The van der Waals surface area contributed by atoms with E-state index < -0.39 is 29.9 Å². The Bertz CT molecular complexity index is 1060. The van der Waals surface area contributed by atoms with Crippen molar-refractivity contribution in [3.8, 4) is 0 Å². The summed E-state index contributed by atoms with van der Waals surface area (Å²) in [5.74, 6) is -3.48. The van der Waals surface area contributed by atoms with Crippen LogP contribution in [0.5, 0.6) is 0 Å². The fourth-order valence-electron chi connectivity index (χ4n) is 5.12. The van der Waals surface area contributed by atoms with Gasteiger partial charge in [0, 0.05) is 32.1 Å². The predicted molar refractivity (Wildman–Crippen MR) is 129 cm³/mol. The molecule has 0 atom stereocenters. The minimum atomic E-state index is -3.02. The molecule has 0 radical (unpaired) electrons. The Hall–Kier alpha value is -3.36. The van der Waals surface area contributed by atoms with Crippen LogP contribution in [-0.4, -0.2) is 63.2 Å². The highest BCUT2D eigenvalue weighted by Crippen LogP contribution is 2.51. The summed E-state index contributed by atoms with van der Waals surface area (Å²) < 4.78 is 41.1. The van der Waals surface area contributed by atoms with Gasteiger partial charge in [-0.2, -0.15) is 0 Å². The van der Waals surface area contributed by atoms with Crippen LogP contribution in [0.1, 0.15) is 35.2 Å². The number of ether oxygens (including phenoxy) is 2. The number of hydrogen-bond acceptors (Lipinski definition) is 6. The molecule has 2 saturated heterocycles. The Morgan fingerprint density at radius 1 is 1.00 bits per heavy atom. The highest BCUT2D eigenvalue weighted by Gasteiger charge is 2.58. The van der Waals surface area contributed by atoms with E-state index in [-0.39, 0.29) is 19.6 Å². The lowest BCUT2D eigenvalue weighted by Gasteiger charge is -2.51. The van der Waals surface area contributed by atoms with E-state index in [9.17, 15) is 9.59 Å². The Balaban J connectivity index is 1.40. The quantitative estimate of drug-likeness (QED) is 0.612. The molecule has 2 aromatic rings. The minimum absolute atomic E-state index is 0.0558. The van der Waals surface area contributed by atoms with Crippen LogP contribution >= 0.6 is 0 Å². The lowest BCUT2D eigenvalue weighted by molar-refractivity contribution is -0.173. The largest absolute Gasteiger partial charge is 0.465 e. The highest BCUT2D eigenvalue weighted by molar-refractivity contribution is 5.99. The predicted octanol–water partition coefficient (Wildman–Crippen LogP) is 4.78. The summed E-state index contributed by atoms with van der Waals surface area (Å²) in [4.78, 5) is 27.8. The molecule has 0 bridgehead atoms. The molecule has 2 aromatic carbocycles. The second-order valence-electron chi connectivity index (χ2n) is 9.12. The smallest absolute Gasteiger partial charge is 0.410 e. The molecule has 0 aromatic heterocycles. The van der Waals surface area contributed by atoms with Crippen molar-refractivity contribution in [2.75, 3.05) is 50.6 Å². The molecule has 7 nitrogen and oxygen atoms in total. The number of methoxy groups -OCH3 is 1. The van der Waals surface area contributed by atoms with Gasteiger partial charge < -0.3 is 24.6 Å². The summed E-state index contributed by atoms with van der Waals surface area (Å²) in [5.41, 5.74) is 1.46. The zero-order valence-electron chi connectivity index (χ0n) is 20.1. The number of nitrogens with one attached hydrogen (secondary N) is 1. The lowest BCUT2D eigenvalue weighted by atomic mass is 9.68. The van der Waals surface area contributed by atoms with Crippen LogP contribution in [0.2, 0.25) is 0 Å². The number of anilines is 2. The van der Waals surface area contributed by atoms with E-state index in [1.807, 2.05) is 41.3 Å². The molecular formula is C26H31F2N3O4. The Labute approximate surface area is 204 Å². The number of piperidine rings is 2. The van der Waals surface area contributed by atoms with Crippen molar-refractivity contribution in [3.63, 3.8) is 0 Å². The van der Waals surface area contributed by atoms with E-state index in [0.29, 0.717) is 37.2 Å². The minimum Gasteiger partial charge on any atom is -0.465 e. The summed E-state index contributed by atoms with van der Waals surface area (Å²) in [6.45, 7) is 0.504. The van der Waals surface area contributed by atoms with Crippen molar-refractivity contribution in [1.29, 1.82) is 0 Å². The summed E-state index contributed by atoms with van der Waals surface area (Å²) in [7, 11) is 3.04. The van der Waals surface area contributed by atoms with Crippen molar-refractivity contribution in [3.05, 3.63) is 59.7 Å². The average molecular weight is 488 g/mol. The average Bonchev–Trinajstić information content (AvgIpc) is 2.89. The zero-order valence-corrected chi connectivity index (χ0v) is 20.1. The van der Waals surface area contributed by atoms with Gasteiger partial charge in [0.25, 0.3) is 5.92 Å². The fourth-order valence-corrected chi connectivity index (χ4v) is 5.12.